The molecule has 18 atom stereocenters. The summed E-state index contributed by atoms with van der Waals surface area (Å²) in [5, 5.41) is 45.8. The second-order valence-corrected chi connectivity index (χ2v) is 17.0. The van der Waals surface area contributed by atoms with E-state index in [0.717, 1.165) is 0 Å². The van der Waals surface area contributed by atoms with Crippen molar-refractivity contribution in [3.05, 3.63) is 12.7 Å². The molecule has 54 heavy (non-hydrogen) atoms. The third kappa shape index (κ3) is 10.1. The molecule has 0 saturated carbocycles. The summed E-state index contributed by atoms with van der Waals surface area (Å²) < 4.78 is 44.4. The van der Waals surface area contributed by atoms with Gasteiger partial charge in [-0.05, 0) is 74.9 Å². The van der Waals surface area contributed by atoms with Gasteiger partial charge >= 0.3 is 5.97 Å². The number of cyclic esters (lactones) is 1. The Kier molecular flexibility index (Phi) is 16.3. The van der Waals surface area contributed by atoms with Crippen molar-refractivity contribution in [2.75, 3.05) is 27.8 Å². The van der Waals surface area contributed by atoms with Gasteiger partial charge in [-0.1, -0.05) is 33.8 Å². The van der Waals surface area contributed by atoms with E-state index in [2.05, 4.69) is 6.58 Å². The lowest BCUT2D eigenvalue weighted by Crippen LogP contribution is -2.61. The van der Waals surface area contributed by atoms with Crippen LogP contribution in [0.3, 0.4) is 0 Å². The molecule has 3 heterocycles. The Balaban J connectivity index is 2.27. The maximum Gasteiger partial charge on any atom is 0.311 e. The quantitative estimate of drug-likeness (QED) is 0.188. The summed E-state index contributed by atoms with van der Waals surface area (Å²) in [5.74, 6) is -4.60. The molecule has 0 aromatic carbocycles. The SMILES string of the molecule is C=CCOC1(C)C[C@@H](C)C(=O)[C@H](C)C(O)C(C)(O)[C@@H](CC)OC(=O)[C@H](C)C(OC2CC(C)(OC)C(O)[C@H](C)O2)[C@H](C)C1OC1O[C@H](C)CC(N(C)C)C1O. The van der Waals surface area contributed by atoms with Crippen LogP contribution in [0.1, 0.15) is 94.9 Å². The molecular weight excluding hydrogens is 702 g/mol. The number of likely N-dealkylation sites (N-methyl/N-ethyl adjacent to an activating group) is 1. The highest BCUT2D eigenvalue weighted by Gasteiger charge is 2.54. The number of rotatable bonds is 10. The summed E-state index contributed by atoms with van der Waals surface area (Å²) in [6.07, 6.45) is -7.41. The molecular formula is C40H71NO13. The lowest BCUT2D eigenvalue weighted by Gasteiger charge is -2.50. The Bertz CT molecular complexity index is 1250. The Labute approximate surface area is 322 Å². The van der Waals surface area contributed by atoms with Gasteiger partial charge in [-0.2, -0.15) is 0 Å². The minimum absolute atomic E-state index is 0.0658. The van der Waals surface area contributed by atoms with Crippen LogP contribution < -0.4 is 0 Å². The highest BCUT2D eigenvalue weighted by Crippen LogP contribution is 2.42. The van der Waals surface area contributed by atoms with E-state index in [1.807, 2.05) is 32.8 Å². The van der Waals surface area contributed by atoms with Gasteiger partial charge in [0.25, 0.3) is 0 Å². The topological polar surface area (TPSA) is 183 Å². The predicted molar refractivity (Wildman–Crippen MR) is 200 cm³/mol. The molecule has 11 unspecified atom stereocenters. The van der Waals surface area contributed by atoms with Crippen molar-refractivity contribution in [2.24, 2.45) is 23.7 Å². The molecule has 0 amide bonds. The minimum Gasteiger partial charge on any atom is -0.459 e. The third-order valence-electron chi connectivity index (χ3n) is 12.3. The zero-order valence-electron chi connectivity index (χ0n) is 34.9. The first-order valence-electron chi connectivity index (χ1n) is 19.6. The number of methoxy groups -OCH3 is 1. The molecule has 3 rings (SSSR count). The fourth-order valence-electron chi connectivity index (χ4n) is 8.78. The van der Waals surface area contributed by atoms with E-state index >= 15 is 0 Å². The van der Waals surface area contributed by atoms with Crippen molar-refractivity contribution < 1.29 is 63.2 Å². The minimum atomic E-state index is -1.98. The second-order valence-electron chi connectivity index (χ2n) is 17.0. The molecule has 14 nitrogen and oxygen atoms in total. The van der Waals surface area contributed by atoms with Crippen LogP contribution in [-0.2, 0) is 42.7 Å². The van der Waals surface area contributed by atoms with Crippen molar-refractivity contribution in [1.82, 2.24) is 4.90 Å². The second kappa shape index (κ2) is 18.8. The largest absolute Gasteiger partial charge is 0.459 e. The summed E-state index contributed by atoms with van der Waals surface area (Å²) in [6.45, 7) is 21.0. The molecule has 3 aliphatic rings. The van der Waals surface area contributed by atoms with Crippen LogP contribution in [0.5, 0.6) is 0 Å². The molecule has 4 N–H and O–H groups in total. The van der Waals surface area contributed by atoms with Gasteiger partial charge in [-0.3, -0.25) is 9.59 Å². The van der Waals surface area contributed by atoms with Gasteiger partial charge in [0.05, 0.1) is 54.2 Å². The number of ketones is 1. The average Bonchev–Trinajstić information content (AvgIpc) is 3.11. The Morgan fingerprint density at radius 2 is 1.56 bits per heavy atom. The van der Waals surface area contributed by atoms with Gasteiger partial charge in [0.15, 0.2) is 12.6 Å². The number of aliphatic hydroxyl groups excluding tert-OH is 3. The predicted octanol–water partition coefficient (Wildman–Crippen LogP) is 3.00. The number of aliphatic hydroxyl groups is 4. The van der Waals surface area contributed by atoms with Crippen LogP contribution in [0.15, 0.2) is 12.7 Å². The van der Waals surface area contributed by atoms with Gasteiger partial charge in [-0.25, -0.2) is 0 Å². The summed E-state index contributed by atoms with van der Waals surface area (Å²) in [4.78, 5) is 30.3. The normalized spacial score (nSPS) is 47.6. The van der Waals surface area contributed by atoms with Crippen LogP contribution in [0.4, 0.5) is 0 Å². The summed E-state index contributed by atoms with van der Waals surface area (Å²) in [7, 11) is 5.25. The van der Waals surface area contributed by atoms with Crippen molar-refractivity contribution in [3.8, 4) is 0 Å². The lowest BCUT2D eigenvalue weighted by atomic mass is 9.73. The first-order valence-corrected chi connectivity index (χ1v) is 19.6. The molecule has 0 aromatic heterocycles. The average molecular weight is 774 g/mol. The van der Waals surface area contributed by atoms with Gasteiger partial charge in [0.2, 0.25) is 0 Å². The highest BCUT2D eigenvalue weighted by molar-refractivity contribution is 5.83. The van der Waals surface area contributed by atoms with Gasteiger partial charge in [0.1, 0.15) is 29.7 Å². The van der Waals surface area contributed by atoms with Crippen molar-refractivity contribution in [1.29, 1.82) is 0 Å². The molecule has 3 fully saturated rings. The fourth-order valence-corrected chi connectivity index (χ4v) is 8.78. The molecule has 0 radical (unpaired) electrons. The van der Waals surface area contributed by atoms with Gasteiger partial charge < -0.3 is 58.5 Å². The Morgan fingerprint density at radius 1 is 0.926 bits per heavy atom. The number of carbonyl (C=O) groups excluding carboxylic acids is 2. The number of hydrogen-bond acceptors (Lipinski definition) is 14. The first-order chi connectivity index (χ1) is 25.0. The van der Waals surface area contributed by atoms with Crippen molar-refractivity contribution >= 4 is 11.8 Å². The standard InChI is InChI=1S/C40H71NO13/c1-15-17-49-39(10)19-21(3)30(42)23(5)33(44)40(11,47)28(16-2)52-36(46)25(7)32(53-29-20-38(9,48-14)34(45)26(8)51-29)24(6)35(39)54-37-31(43)27(41(12)13)18-22(4)50-37/h15,21-29,31-35,37,43-45,47H,1,16-20H2,2-14H3/t21-,22-,23+,24+,25-,26+,27?,28-,29?,31?,32?,33?,34?,35?,37?,38?,39?,40?/m1/s1. The van der Waals surface area contributed by atoms with Gasteiger partial charge in [0, 0.05) is 37.3 Å². The van der Waals surface area contributed by atoms with Crippen molar-refractivity contribution in [3.63, 3.8) is 0 Å². The van der Waals surface area contributed by atoms with Crippen LogP contribution in [-0.4, -0.2) is 149 Å². The maximum absolute atomic E-state index is 14.3. The molecule has 0 aliphatic carbocycles. The molecule has 3 aliphatic heterocycles. The van der Waals surface area contributed by atoms with Crippen molar-refractivity contribution in [2.45, 2.75) is 179 Å². The number of hydrogen-bond donors (Lipinski definition) is 4. The van der Waals surface area contributed by atoms with E-state index in [1.165, 1.54) is 14.0 Å². The van der Waals surface area contributed by atoms with E-state index < -0.39 is 102 Å². The monoisotopic (exact) mass is 773 g/mol. The molecule has 3 saturated heterocycles. The summed E-state index contributed by atoms with van der Waals surface area (Å²) in [6, 6.07) is -0.300. The number of carbonyl (C=O) groups is 2. The van der Waals surface area contributed by atoms with E-state index in [-0.39, 0.29) is 43.8 Å². The Hall–Kier alpha value is -1.56. The third-order valence-corrected chi connectivity index (χ3v) is 12.3. The Morgan fingerprint density at radius 3 is 2.11 bits per heavy atom. The number of Topliss-reactive ketones (excluding diaryl/α,β-unsaturated/α-hetero) is 1. The fraction of sp³-hybridized carbons (Fsp3) is 0.900. The van der Waals surface area contributed by atoms with E-state index in [1.54, 1.807) is 54.5 Å². The van der Waals surface area contributed by atoms with Crippen LogP contribution in [0, 0.1) is 23.7 Å². The smallest absolute Gasteiger partial charge is 0.311 e. The highest BCUT2D eigenvalue weighted by atomic mass is 16.7. The molecule has 314 valence electrons. The summed E-state index contributed by atoms with van der Waals surface area (Å²) in [5.41, 5.74) is -4.33. The van der Waals surface area contributed by atoms with E-state index in [9.17, 15) is 30.0 Å². The molecule has 0 spiro atoms. The van der Waals surface area contributed by atoms with E-state index in [4.69, 9.17) is 33.2 Å². The zero-order chi connectivity index (χ0) is 41.1. The molecule has 0 bridgehead atoms. The van der Waals surface area contributed by atoms with Crippen LogP contribution >= 0.6 is 0 Å². The molecule has 0 aromatic rings. The number of esters is 1. The summed E-state index contributed by atoms with van der Waals surface area (Å²) >= 11 is 0. The van der Waals surface area contributed by atoms with Gasteiger partial charge in [-0.15, -0.1) is 6.58 Å². The molecule has 14 heteroatoms. The number of nitrogens with zero attached hydrogens (tertiary/aromatic N) is 1. The first kappa shape index (κ1) is 46.8. The number of ether oxygens (including phenoxy) is 7. The van der Waals surface area contributed by atoms with Crippen LogP contribution in [0.25, 0.3) is 0 Å². The maximum atomic E-state index is 14.3. The lowest BCUT2D eigenvalue weighted by molar-refractivity contribution is -0.320. The van der Waals surface area contributed by atoms with Crippen LogP contribution in [0.2, 0.25) is 0 Å². The zero-order valence-corrected chi connectivity index (χ0v) is 34.9. The van der Waals surface area contributed by atoms with E-state index in [0.29, 0.717) is 6.42 Å².